The summed E-state index contributed by atoms with van der Waals surface area (Å²) in [5.74, 6) is 0.974. The number of piperazine rings is 1. The Morgan fingerprint density at radius 2 is 1.79 bits per heavy atom. The Bertz CT molecular complexity index is 754. The number of alkyl halides is 3. The van der Waals surface area contributed by atoms with Crippen molar-refractivity contribution < 1.29 is 31.1 Å². The van der Waals surface area contributed by atoms with Crippen molar-refractivity contribution >= 4 is 11.7 Å². The summed E-state index contributed by atoms with van der Waals surface area (Å²) in [6, 6.07) is 0.158. The number of carbonyl (C=O) groups excluding carboxylic acids is 1. The fourth-order valence-corrected chi connectivity index (χ4v) is 2.87. The highest BCUT2D eigenvalue weighted by Crippen LogP contribution is 2.19. The lowest BCUT2D eigenvalue weighted by molar-refractivity contribution is -0.141. The first-order chi connectivity index (χ1) is 13.0. The van der Waals surface area contributed by atoms with Crippen LogP contribution < -0.4 is 11.6 Å². The Labute approximate surface area is 156 Å². The number of nitrogens with two attached hydrogens (primary N) is 2. The van der Waals surface area contributed by atoms with Crippen molar-refractivity contribution in [3.63, 3.8) is 0 Å². The number of amides is 1. The normalized spacial score (nSPS) is 17.9. The van der Waals surface area contributed by atoms with Crippen molar-refractivity contribution in [3.05, 3.63) is 35.1 Å². The van der Waals surface area contributed by atoms with Crippen LogP contribution in [-0.2, 0) is 11.2 Å². The predicted molar refractivity (Wildman–Crippen MR) is 88.4 cm³/mol. The van der Waals surface area contributed by atoms with Gasteiger partial charge in [0, 0.05) is 31.6 Å². The van der Waals surface area contributed by atoms with Gasteiger partial charge in [-0.3, -0.25) is 4.79 Å². The van der Waals surface area contributed by atoms with Gasteiger partial charge in [-0.2, -0.15) is 18.3 Å². The van der Waals surface area contributed by atoms with E-state index in [0.717, 1.165) is 4.90 Å². The van der Waals surface area contributed by atoms with Crippen LogP contribution in [0.15, 0.2) is 17.2 Å². The molecule has 0 spiro atoms. The highest BCUT2D eigenvalue weighted by Gasteiger charge is 2.35. The summed E-state index contributed by atoms with van der Waals surface area (Å²) >= 11 is 0. The lowest BCUT2D eigenvalue weighted by Crippen LogP contribution is -2.55. The monoisotopic (exact) mass is 411 g/mol. The molecule has 6 nitrogen and oxygen atoms in total. The molecule has 1 heterocycles. The molecule has 1 unspecified atom stereocenters. The van der Waals surface area contributed by atoms with Gasteiger partial charge in [-0.25, -0.2) is 13.2 Å². The maximum atomic E-state index is 13.7. The summed E-state index contributed by atoms with van der Waals surface area (Å²) in [5.41, 5.74) is 5.62. The summed E-state index contributed by atoms with van der Waals surface area (Å²) in [5, 5.41) is 3.31. The van der Waals surface area contributed by atoms with Gasteiger partial charge in [-0.15, -0.1) is 0 Å². The largest absolute Gasteiger partial charge is 0.405 e. The van der Waals surface area contributed by atoms with Crippen LogP contribution in [0.5, 0.6) is 0 Å². The molecule has 1 amide bonds. The second-order valence-electron chi connectivity index (χ2n) is 6.42. The average molecular weight is 411 g/mol. The molecule has 1 aliphatic rings. The minimum absolute atomic E-state index is 0.000189. The zero-order valence-electron chi connectivity index (χ0n) is 14.6. The molecule has 156 valence electrons. The van der Waals surface area contributed by atoms with E-state index < -0.39 is 42.1 Å². The third kappa shape index (κ3) is 5.75. The quantitative estimate of drug-likeness (QED) is 0.331. The Morgan fingerprint density at radius 3 is 2.39 bits per heavy atom. The van der Waals surface area contributed by atoms with Gasteiger partial charge in [0.1, 0.15) is 18.2 Å². The average Bonchev–Trinajstić information content (AvgIpc) is 2.58. The molecule has 4 N–H and O–H groups in total. The Hall–Kier alpha value is -2.50. The third-order valence-electron chi connectivity index (χ3n) is 4.22. The van der Waals surface area contributed by atoms with Crippen LogP contribution in [0.3, 0.4) is 0 Å². The van der Waals surface area contributed by atoms with Gasteiger partial charge in [0.2, 0.25) is 5.91 Å². The van der Waals surface area contributed by atoms with Crippen molar-refractivity contribution in [2.75, 3.05) is 26.2 Å². The summed E-state index contributed by atoms with van der Waals surface area (Å²) in [4.78, 5) is 14.5. The number of hydrazone groups is 1. The number of amidine groups is 1. The van der Waals surface area contributed by atoms with E-state index in [2.05, 4.69) is 5.10 Å². The molecular weight excluding hydrogens is 392 g/mol. The maximum absolute atomic E-state index is 13.7. The molecule has 1 aromatic carbocycles. The summed E-state index contributed by atoms with van der Waals surface area (Å²) in [7, 11) is 0. The van der Waals surface area contributed by atoms with Crippen LogP contribution in [-0.4, -0.2) is 59.9 Å². The molecule has 12 heteroatoms. The predicted octanol–water partition coefficient (Wildman–Crippen LogP) is 1.34. The SMILES string of the molecule is N/N=C1/CN(C(=O)CC(N)Cc2cc(F)c(F)cc2F)CCN1CC(F)(F)F. The van der Waals surface area contributed by atoms with Crippen LogP contribution in [0.4, 0.5) is 26.3 Å². The highest BCUT2D eigenvalue weighted by molar-refractivity contribution is 5.89. The number of carbonyl (C=O) groups is 1. The van der Waals surface area contributed by atoms with Crippen LogP contribution in [0, 0.1) is 17.5 Å². The summed E-state index contributed by atoms with van der Waals surface area (Å²) < 4.78 is 77.5. The summed E-state index contributed by atoms with van der Waals surface area (Å²) in [6.07, 6.45) is -4.94. The fourth-order valence-electron chi connectivity index (χ4n) is 2.87. The van der Waals surface area contributed by atoms with Crippen LogP contribution in [0.1, 0.15) is 12.0 Å². The summed E-state index contributed by atoms with van der Waals surface area (Å²) in [6.45, 7) is -1.58. The van der Waals surface area contributed by atoms with Crippen molar-refractivity contribution in [1.82, 2.24) is 9.80 Å². The lowest BCUT2D eigenvalue weighted by atomic mass is 10.0. The number of rotatable bonds is 5. The molecule has 28 heavy (non-hydrogen) atoms. The van der Waals surface area contributed by atoms with E-state index in [-0.39, 0.29) is 43.9 Å². The molecule has 1 saturated heterocycles. The molecule has 0 aliphatic carbocycles. The number of hydrogen-bond acceptors (Lipinski definition) is 4. The zero-order chi connectivity index (χ0) is 21.1. The minimum atomic E-state index is -4.45. The van der Waals surface area contributed by atoms with E-state index in [1.165, 1.54) is 4.90 Å². The van der Waals surface area contributed by atoms with Crippen LogP contribution in [0.2, 0.25) is 0 Å². The molecule has 1 atom stereocenters. The first-order valence-corrected chi connectivity index (χ1v) is 8.25. The van der Waals surface area contributed by atoms with E-state index in [1.807, 2.05) is 0 Å². The van der Waals surface area contributed by atoms with Crippen molar-refractivity contribution in [2.45, 2.75) is 25.1 Å². The molecule has 0 radical (unpaired) electrons. The fraction of sp³-hybridized carbons (Fsp3) is 0.500. The van der Waals surface area contributed by atoms with Gasteiger partial charge in [-0.1, -0.05) is 0 Å². The van der Waals surface area contributed by atoms with Crippen molar-refractivity contribution in [2.24, 2.45) is 16.7 Å². The minimum Gasteiger partial charge on any atom is -0.346 e. The van der Waals surface area contributed by atoms with Gasteiger partial charge >= 0.3 is 6.18 Å². The topological polar surface area (TPSA) is 87.9 Å². The van der Waals surface area contributed by atoms with Gasteiger partial charge < -0.3 is 21.4 Å². The standard InChI is InChI=1S/C16H19F6N5O/c17-11-6-13(19)12(18)4-9(11)3-10(23)5-15(28)26-1-2-27(8-16(20,21)22)14(7-26)25-24/h4,6,10H,1-3,5,7-8,23-24H2/b25-14-. The van der Waals surface area contributed by atoms with E-state index in [0.29, 0.717) is 12.1 Å². The first kappa shape index (κ1) is 21.8. The molecule has 0 bridgehead atoms. The van der Waals surface area contributed by atoms with E-state index in [1.54, 1.807) is 0 Å². The molecule has 0 saturated carbocycles. The number of hydrogen-bond donors (Lipinski definition) is 2. The van der Waals surface area contributed by atoms with Gasteiger partial charge in [0.15, 0.2) is 11.6 Å². The lowest BCUT2D eigenvalue weighted by Gasteiger charge is -2.37. The maximum Gasteiger partial charge on any atom is 0.405 e. The molecule has 1 aliphatic heterocycles. The number of nitrogens with zero attached hydrogens (tertiary/aromatic N) is 3. The number of benzene rings is 1. The molecular formula is C16H19F6N5O. The smallest absolute Gasteiger partial charge is 0.346 e. The van der Waals surface area contributed by atoms with Crippen molar-refractivity contribution in [3.8, 4) is 0 Å². The molecule has 1 fully saturated rings. The number of halogens is 6. The van der Waals surface area contributed by atoms with E-state index in [4.69, 9.17) is 11.6 Å². The molecule has 2 rings (SSSR count). The first-order valence-electron chi connectivity index (χ1n) is 8.25. The molecule has 0 aromatic heterocycles. The second-order valence-corrected chi connectivity index (χ2v) is 6.42. The Balaban J connectivity index is 1.95. The Morgan fingerprint density at radius 1 is 1.14 bits per heavy atom. The molecule has 1 aromatic rings. The Kier molecular flexibility index (Phi) is 6.75. The highest BCUT2D eigenvalue weighted by atomic mass is 19.4. The van der Waals surface area contributed by atoms with E-state index in [9.17, 15) is 31.1 Å². The van der Waals surface area contributed by atoms with Gasteiger partial charge in [-0.05, 0) is 18.1 Å². The van der Waals surface area contributed by atoms with Crippen LogP contribution in [0.25, 0.3) is 0 Å². The van der Waals surface area contributed by atoms with Gasteiger partial charge in [0.25, 0.3) is 0 Å². The second kappa shape index (κ2) is 8.67. The van der Waals surface area contributed by atoms with E-state index >= 15 is 0 Å². The zero-order valence-corrected chi connectivity index (χ0v) is 14.6. The third-order valence-corrected chi connectivity index (χ3v) is 4.22. The van der Waals surface area contributed by atoms with Crippen LogP contribution >= 0.6 is 0 Å². The van der Waals surface area contributed by atoms with Crippen molar-refractivity contribution in [1.29, 1.82) is 0 Å². The van der Waals surface area contributed by atoms with Gasteiger partial charge in [0.05, 0.1) is 6.54 Å².